The van der Waals surface area contributed by atoms with Gasteiger partial charge in [0, 0.05) is 24.3 Å². The van der Waals surface area contributed by atoms with E-state index in [1.807, 2.05) is 18.2 Å². The van der Waals surface area contributed by atoms with Gasteiger partial charge in [0.25, 0.3) is 0 Å². The summed E-state index contributed by atoms with van der Waals surface area (Å²) in [6.45, 7) is 0. The van der Waals surface area contributed by atoms with Gasteiger partial charge < -0.3 is 0 Å². The zero-order valence-corrected chi connectivity index (χ0v) is 7.50. The van der Waals surface area contributed by atoms with Gasteiger partial charge >= 0.3 is 0 Å². The molecule has 2 aromatic rings. The van der Waals surface area contributed by atoms with Gasteiger partial charge in [0.15, 0.2) is 0 Å². The lowest BCUT2D eigenvalue weighted by molar-refractivity contribution is 0.0913. The summed E-state index contributed by atoms with van der Waals surface area (Å²) in [5, 5.41) is 0. The van der Waals surface area contributed by atoms with E-state index in [0.717, 1.165) is 5.69 Å². The third-order valence-electron chi connectivity index (χ3n) is 1.85. The lowest BCUT2D eigenvalue weighted by atomic mass is 10.2. The number of imidazole rings is 1. The average Bonchev–Trinajstić information content (AvgIpc) is 2.72. The molecule has 0 spiro atoms. The molecule has 0 aromatic carbocycles. The third kappa shape index (κ3) is 1.85. The Balaban J connectivity index is 2.10. The molecule has 0 saturated carbocycles. The van der Waals surface area contributed by atoms with E-state index in [-0.39, 0.29) is 5.91 Å². The van der Waals surface area contributed by atoms with Gasteiger partial charge in [0.1, 0.15) is 6.33 Å². The Morgan fingerprint density at radius 1 is 1.36 bits per heavy atom. The van der Waals surface area contributed by atoms with Crippen molar-refractivity contribution in [3.05, 3.63) is 48.8 Å². The van der Waals surface area contributed by atoms with E-state index in [1.165, 1.54) is 10.9 Å². The highest BCUT2D eigenvalue weighted by atomic mass is 16.2. The minimum absolute atomic E-state index is 0.0267. The molecule has 0 aliphatic heterocycles. The summed E-state index contributed by atoms with van der Waals surface area (Å²) in [6, 6.07) is 5.52. The molecule has 0 radical (unpaired) electrons. The second kappa shape index (κ2) is 3.83. The predicted molar refractivity (Wildman–Crippen MR) is 50.8 cm³/mol. The van der Waals surface area contributed by atoms with Crippen LogP contribution in [0.4, 0.5) is 0 Å². The van der Waals surface area contributed by atoms with Gasteiger partial charge in [-0.1, -0.05) is 6.07 Å². The number of hydrogen-bond donors (Lipinski definition) is 0. The molecule has 70 valence electrons. The summed E-state index contributed by atoms with van der Waals surface area (Å²) in [6.07, 6.45) is 6.68. The molecule has 2 heterocycles. The van der Waals surface area contributed by atoms with Crippen LogP contribution in [0.1, 0.15) is 10.5 Å². The Bertz CT molecular complexity index is 408. The Labute approximate surface area is 81.2 Å². The van der Waals surface area contributed by atoms with E-state index in [9.17, 15) is 4.79 Å². The summed E-state index contributed by atoms with van der Waals surface area (Å²) in [4.78, 5) is 19.4. The molecule has 0 amide bonds. The predicted octanol–water partition coefficient (Wildman–Crippen LogP) is 1.16. The van der Waals surface area contributed by atoms with Crippen molar-refractivity contribution in [3.63, 3.8) is 0 Å². The van der Waals surface area contributed by atoms with Crippen molar-refractivity contribution < 1.29 is 4.79 Å². The van der Waals surface area contributed by atoms with Crippen LogP contribution in [0.2, 0.25) is 0 Å². The second-order valence-electron chi connectivity index (χ2n) is 2.86. The van der Waals surface area contributed by atoms with E-state index in [1.54, 1.807) is 18.6 Å². The molecule has 2 rings (SSSR count). The van der Waals surface area contributed by atoms with Crippen molar-refractivity contribution in [1.82, 2.24) is 14.5 Å². The van der Waals surface area contributed by atoms with Crippen molar-refractivity contribution in [1.29, 1.82) is 0 Å². The monoisotopic (exact) mass is 187 g/mol. The quantitative estimate of drug-likeness (QED) is 0.708. The standard InChI is InChI=1S/C10H9N3O/c14-10(13-6-5-11-8-13)7-9-3-1-2-4-12-9/h1-6,8H,7H2. The van der Waals surface area contributed by atoms with E-state index in [0.29, 0.717) is 6.42 Å². The van der Waals surface area contributed by atoms with Gasteiger partial charge in [-0.2, -0.15) is 0 Å². The molecule has 0 saturated heterocycles. The lowest BCUT2D eigenvalue weighted by Gasteiger charge is -1.99. The minimum Gasteiger partial charge on any atom is -0.276 e. The molecule has 14 heavy (non-hydrogen) atoms. The first-order valence-corrected chi connectivity index (χ1v) is 4.27. The van der Waals surface area contributed by atoms with Crippen molar-refractivity contribution >= 4 is 5.91 Å². The van der Waals surface area contributed by atoms with E-state index in [2.05, 4.69) is 9.97 Å². The van der Waals surface area contributed by atoms with Crippen LogP contribution in [0.3, 0.4) is 0 Å². The fraction of sp³-hybridized carbons (Fsp3) is 0.100. The number of rotatable bonds is 2. The molecule has 2 aromatic heterocycles. The molecule has 0 aliphatic rings. The number of nitrogens with zero attached hydrogens (tertiary/aromatic N) is 3. The summed E-state index contributed by atoms with van der Waals surface area (Å²) in [7, 11) is 0. The Hall–Kier alpha value is -1.97. The molecule has 4 nitrogen and oxygen atoms in total. The van der Waals surface area contributed by atoms with Gasteiger partial charge in [-0.3, -0.25) is 14.3 Å². The Morgan fingerprint density at radius 3 is 2.93 bits per heavy atom. The first-order chi connectivity index (χ1) is 6.86. The van der Waals surface area contributed by atoms with E-state index < -0.39 is 0 Å². The summed E-state index contributed by atoms with van der Waals surface area (Å²) < 4.78 is 1.45. The maximum Gasteiger partial charge on any atom is 0.237 e. The molecule has 0 fully saturated rings. The number of hydrogen-bond acceptors (Lipinski definition) is 3. The fourth-order valence-corrected chi connectivity index (χ4v) is 1.16. The van der Waals surface area contributed by atoms with E-state index in [4.69, 9.17) is 0 Å². The Morgan fingerprint density at radius 2 is 2.29 bits per heavy atom. The maximum absolute atomic E-state index is 11.6. The van der Waals surface area contributed by atoms with Crippen LogP contribution in [0.5, 0.6) is 0 Å². The highest BCUT2D eigenvalue weighted by molar-refractivity contribution is 5.80. The zero-order chi connectivity index (χ0) is 9.80. The van der Waals surface area contributed by atoms with Crippen LogP contribution < -0.4 is 0 Å². The summed E-state index contributed by atoms with van der Waals surface area (Å²) in [5.41, 5.74) is 0.770. The van der Waals surface area contributed by atoms with Crippen LogP contribution >= 0.6 is 0 Å². The first kappa shape index (κ1) is 8.62. The molecule has 0 bridgehead atoms. The summed E-state index contributed by atoms with van der Waals surface area (Å²) in [5.74, 6) is -0.0267. The lowest BCUT2D eigenvalue weighted by Crippen LogP contribution is -2.12. The number of carbonyl (C=O) groups excluding carboxylic acids is 1. The minimum atomic E-state index is -0.0267. The average molecular weight is 187 g/mol. The first-order valence-electron chi connectivity index (χ1n) is 4.27. The second-order valence-corrected chi connectivity index (χ2v) is 2.86. The van der Waals surface area contributed by atoms with Crippen molar-refractivity contribution in [2.75, 3.05) is 0 Å². The van der Waals surface area contributed by atoms with Crippen LogP contribution in [0.25, 0.3) is 0 Å². The van der Waals surface area contributed by atoms with Crippen LogP contribution in [0.15, 0.2) is 43.1 Å². The molecule has 4 heteroatoms. The normalized spacial score (nSPS) is 10.0. The van der Waals surface area contributed by atoms with Crippen LogP contribution in [0, 0.1) is 0 Å². The Kier molecular flexibility index (Phi) is 2.36. The highest BCUT2D eigenvalue weighted by Gasteiger charge is 2.05. The number of carbonyl (C=O) groups is 1. The molecule has 0 unspecified atom stereocenters. The smallest absolute Gasteiger partial charge is 0.237 e. The van der Waals surface area contributed by atoms with Gasteiger partial charge in [-0.25, -0.2) is 4.98 Å². The molecule has 0 atom stereocenters. The number of pyridine rings is 1. The van der Waals surface area contributed by atoms with Gasteiger partial charge in [0.05, 0.1) is 6.42 Å². The SMILES string of the molecule is O=C(Cc1ccccn1)n1ccnc1. The topological polar surface area (TPSA) is 47.8 Å². The van der Waals surface area contributed by atoms with Gasteiger partial charge in [-0.05, 0) is 12.1 Å². The molecular weight excluding hydrogens is 178 g/mol. The summed E-state index contributed by atoms with van der Waals surface area (Å²) >= 11 is 0. The largest absolute Gasteiger partial charge is 0.276 e. The van der Waals surface area contributed by atoms with Crippen LogP contribution in [-0.4, -0.2) is 20.4 Å². The van der Waals surface area contributed by atoms with Crippen LogP contribution in [-0.2, 0) is 6.42 Å². The molecule has 0 aliphatic carbocycles. The zero-order valence-electron chi connectivity index (χ0n) is 7.50. The fourth-order valence-electron chi connectivity index (χ4n) is 1.16. The van der Waals surface area contributed by atoms with Crippen molar-refractivity contribution in [2.24, 2.45) is 0 Å². The van der Waals surface area contributed by atoms with Crippen molar-refractivity contribution in [3.8, 4) is 0 Å². The maximum atomic E-state index is 11.6. The van der Waals surface area contributed by atoms with E-state index >= 15 is 0 Å². The molecule has 0 N–H and O–H groups in total. The van der Waals surface area contributed by atoms with Crippen molar-refractivity contribution in [2.45, 2.75) is 6.42 Å². The third-order valence-corrected chi connectivity index (χ3v) is 1.85. The highest BCUT2D eigenvalue weighted by Crippen LogP contribution is 1.97. The van der Waals surface area contributed by atoms with Gasteiger partial charge in [-0.15, -0.1) is 0 Å². The number of aromatic nitrogens is 3. The van der Waals surface area contributed by atoms with Gasteiger partial charge in [0.2, 0.25) is 5.91 Å². The molecular formula is C10H9N3O.